The number of nitrogens with zero attached hydrogens (tertiary/aromatic N) is 2. The zero-order valence-corrected chi connectivity index (χ0v) is 15.5. The van der Waals surface area contributed by atoms with Crippen molar-refractivity contribution in [2.75, 3.05) is 10.2 Å². The van der Waals surface area contributed by atoms with Crippen LogP contribution in [0.25, 0.3) is 6.08 Å². The lowest BCUT2D eigenvalue weighted by atomic mass is 10.3. The average Bonchev–Trinajstić information content (AvgIpc) is 3.10. The topological polar surface area (TPSA) is 62.3 Å². The van der Waals surface area contributed by atoms with Gasteiger partial charge in [0.05, 0.1) is 11.4 Å². The van der Waals surface area contributed by atoms with Gasteiger partial charge >= 0.3 is 0 Å². The number of aromatic nitrogens is 1. The second-order valence-electron chi connectivity index (χ2n) is 5.69. The first-order chi connectivity index (χ1) is 13.4. The van der Waals surface area contributed by atoms with Gasteiger partial charge in [0.15, 0.2) is 5.13 Å². The Labute approximate surface area is 164 Å². The molecule has 1 aromatic heterocycles. The lowest BCUT2D eigenvalue weighted by Crippen LogP contribution is -2.23. The highest BCUT2D eigenvalue weighted by Gasteiger charge is 2.20. The maximum absolute atomic E-state index is 14.1. The van der Waals surface area contributed by atoms with E-state index in [-0.39, 0.29) is 16.7 Å². The van der Waals surface area contributed by atoms with Gasteiger partial charge in [-0.3, -0.25) is 14.5 Å². The minimum atomic E-state index is -0.542. The summed E-state index contributed by atoms with van der Waals surface area (Å²) in [6.07, 6.45) is 2.69. The lowest BCUT2D eigenvalue weighted by molar-refractivity contribution is -0.116. The number of anilines is 3. The molecule has 0 atom stereocenters. The highest BCUT2D eigenvalue weighted by atomic mass is 32.1. The molecule has 1 N–H and O–H groups in total. The summed E-state index contributed by atoms with van der Waals surface area (Å²) in [5.74, 6) is -1.85. The Hall–Kier alpha value is -3.39. The molecule has 8 heteroatoms. The summed E-state index contributed by atoms with van der Waals surface area (Å²) < 4.78 is 27.2. The van der Waals surface area contributed by atoms with Crippen molar-refractivity contribution >= 4 is 45.7 Å². The van der Waals surface area contributed by atoms with E-state index < -0.39 is 17.5 Å². The van der Waals surface area contributed by atoms with E-state index >= 15 is 0 Å². The van der Waals surface area contributed by atoms with E-state index in [9.17, 15) is 18.4 Å². The van der Waals surface area contributed by atoms with Gasteiger partial charge in [0.25, 0.3) is 0 Å². The van der Waals surface area contributed by atoms with Crippen molar-refractivity contribution in [1.29, 1.82) is 0 Å². The Morgan fingerprint density at radius 2 is 1.93 bits per heavy atom. The molecule has 0 radical (unpaired) electrons. The molecule has 3 aromatic rings. The molecule has 2 amide bonds. The maximum Gasteiger partial charge on any atom is 0.248 e. The number of nitrogens with one attached hydrogen (secondary N) is 1. The first kappa shape index (κ1) is 19.4. The number of carbonyl (C=O) groups excluding carboxylic acids is 2. The number of carbonyl (C=O) groups is 2. The van der Waals surface area contributed by atoms with Gasteiger partial charge in [-0.1, -0.05) is 18.2 Å². The number of hydrogen-bond acceptors (Lipinski definition) is 4. The molecule has 0 spiro atoms. The molecule has 5 nitrogen and oxygen atoms in total. The van der Waals surface area contributed by atoms with Crippen LogP contribution in [0.15, 0.2) is 60.0 Å². The smallest absolute Gasteiger partial charge is 0.248 e. The molecule has 1 heterocycles. The van der Waals surface area contributed by atoms with Crippen molar-refractivity contribution < 1.29 is 18.4 Å². The van der Waals surface area contributed by atoms with Crippen LogP contribution in [0.3, 0.4) is 0 Å². The molecule has 2 aromatic carbocycles. The van der Waals surface area contributed by atoms with E-state index in [4.69, 9.17) is 0 Å². The van der Waals surface area contributed by atoms with Gasteiger partial charge < -0.3 is 5.32 Å². The number of rotatable bonds is 5. The zero-order valence-electron chi connectivity index (χ0n) is 14.7. The Kier molecular flexibility index (Phi) is 5.90. The third-order valence-corrected chi connectivity index (χ3v) is 4.45. The van der Waals surface area contributed by atoms with Crippen LogP contribution in [-0.4, -0.2) is 16.8 Å². The second kappa shape index (κ2) is 8.53. The monoisotopic (exact) mass is 399 g/mol. The fraction of sp³-hybridized carbons (Fsp3) is 0.0500. The Bertz CT molecular complexity index is 1050. The fourth-order valence-corrected chi connectivity index (χ4v) is 3.25. The molecule has 0 bridgehead atoms. The molecule has 0 unspecified atom stereocenters. The van der Waals surface area contributed by atoms with Gasteiger partial charge in [0, 0.05) is 24.1 Å². The molecule has 0 saturated carbocycles. The van der Waals surface area contributed by atoms with Gasteiger partial charge in [-0.25, -0.2) is 13.8 Å². The molecule has 3 rings (SSSR count). The van der Waals surface area contributed by atoms with E-state index in [2.05, 4.69) is 10.3 Å². The van der Waals surface area contributed by atoms with Crippen LogP contribution in [0.1, 0.15) is 12.6 Å². The summed E-state index contributed by atoms with van der Waals surface area (Å²) in [5, 5.41) is 4.45. The normalized spacial score (nSPS) is 10.8. The van der Waals surface area contributed by atoms with Gasteiger partial charge in [0.1, 0.15) is 11.6 Å². The quantitative estimate of drug-likeness (QED) is 0.630. The minimum absolute atomic E-state index is 0.101. The number of amides is 2. The molecule has 0 aliphatic rings. The van der Waals surface area contributed by atoms with E-state index in [0.29, 0.717) is 11.4 Å². The van der Waals surface area contributed by atoms with E-state index in [0.717, 1.165) is 11.3 Å². The summed E-state index contributed by atoms with van der Waals surface area (Å²) in [6.45, 7) is 1.32. The van der Waals surface area contributed by atoms with Gasteiger partial charge in [0.2, 0.25) is 11.8 Å². The van der Waals surface area contributed by atoms with Crippen LogP contribution in [0, 0.1) is 11.6 Å². The van der Waals surface area contributed by atoms with Crippen molar-refractivity contribution in [2.24, 2.45) is 0 Å². The predicted octanol–water partition coefficient (Wildman–Crippen LogP) is 4.76. The molecule has 0 fully saturated rings. The summed E-state index contributed by atoms with van der Waals surface area (Å²) in [5.41, 5.74) is 0.858. The number of hydrogen-bond donors (Lipinski definition) is 1. The van der Waals surface area contributed by atoms with Gasteiger partial charge in [-0.2, -0.15) is 0 Å². The predicted molar refractivity (Wildman–Crippen MR) is 105 cm³/mol. The SMILES string of the molecule is CC(=O)N(c1nc(/C=C/C(=O)Nc2cccc(F)c2)cs1)c1ccccc1F. The van der Waals surface area contributed by atoms with Crippen LogP contribution >= 0.6 is 11.3 Å². The lowest BCUT2D eigenvalue weighted by Gasteiger charge is -2.18. The van der Waals surface area contributed by atoms with Crippen molar-refractivity contribution in [1.82, 2.24) is 4.98 Å². The van der Waals surface area contributed by atoms with Crippen LogP contribution in [0.4, 0.5) is 25.3 Å². The third-order valence-electron chi connectivity index (χ3n) is 3.61. The Balaban J connectivity index is 1.75. The molecule has 0 aliphatic carbocycles. The van der Waals surface area contributed by atoms with Crippen molar-refractivity contribution in [3.05, 3.63) is 77.3 Å². The summed E-state index contributed by atoms with van der Waals surface area (Å²) >= 11 is 1.14. The van der Waals surface area contributed by atoms with Gasteiger partial charge in [-0.15, -0.1) is 11.3 Å². The maximum atomic E-state index is 14.1. The van der Waals surface area contributed by atoms with Gasteiger partial charge in [-0.05, 0) is 36.4 Å². The molecule has 28 heavy (non-hydrogen) atoms. The minimum Gasteiger partial charge on any atom is -0.322 e. The van der Waals surface area contributed by atoms with E-state index in [1.165, 1.54) is 60.4 Å². The summed E-state index contributed by atoms with van der Waals surface area (Å²) in [4.78, 5) is 29.4. The number of thiazole rings is 1. The molecular weight excluding hydrogens is 384 g/mol. The number of benzene rings is 2. The first-order valence-electron chi connectivity index (χ1n) is 8.19. The Morgan fingerprint density at radius 3 is 2.64 bits per heavy atom. The van der Waals surface area contributed by atoms with Crippen molar-refractivity contribution in [3.8, 4) is 0 Å². The Morgan fingerprint density at radius 1 is 1.14 bits per heavy atom. The first-order valence-corrected chi connectivity index (χ1v) is 9.07. The van der Waals surface area contributed by atoms with Crippen LogP contribution in [-0.2, 0) is 9.59 Å². The third kappa shape index (κ3) is 4.66. The molecule has 0 saturated heterocycles. The van der Waals surface area contributed by atoms with Crippen LogP contribution in [0.5, 0.6) is 0 Å². The summed E-state index contributed by atoms with van der Waals surface area (Å²) in [6, 6.07) is 11.4. The molecule has 0 aliphatic heterocycles. The number of para-hydroxylation sites is 1. The fourth-order valence-electron chi connectivity index (χ4n) is 2.41. The highest BCUT2D eigenvalue weighted by molar-refractivity contribution is 7.14. The summed E-state index contributed by atoms with van der Waals surface area (Å²) in [7, 11) is 0. The van der Waals surface area contributed by atoms with Crippen molar-refractivity contribution in [2.45, 2.75) is 6.92 Å². The molecular formula is C20H15F2N3O2S. The highest BCUT2D eigenvalue weighted by Crippen LogP contribution is 2.30. The largest absolute Gasteiger partial charge is 0.322 e. The standard InChI is InChI=1S/C20H15F2N3O2S/c1-13(26)25(18-8-3-2-7-17(18)22)20-24-16(12-28-20)9-10-19(27)23-15-6-4-5-14(21)11-15/h2-12H,1H3,(H,23,27)/b10-9+. The number of halogens is 2. The van der Waals surface area contributed by atoms with E-state index in [1.54, 1.807) is 17.5 Å². The second-order valence-corrected chi connectivity index (χ2v) is 6.53. The average molecular weight is 399 g/mol. The zero-order chi connectivity index (χ0) is 20.1. The van der Waals surface area contributed by atoms with Crippen molar-refractivity contribution in [3.63, 3.8) is 0 Å². The van der Waals surface area contributed by atoms with Crippen LogP contribution < -0.4 is 10.2 Å². The molecule has 142 valence electrons. The van der Waals surface area contributed by atoms with E-state index in [1.807, 2.05) is 0 Å². The van der Waals surface area contributed by atoms with Crippen LogP contribution in [0.2, 0.25) is 0 Å².